The van der Waals surface area contributed by atoms with E-state index in [4.69, 9.17) is 5.41 Å². The minimum Gasteiger partial charge on any atom is -0.307 e. The Hall–Kier alpha value is -0.970. The van der Waals surface area contributed by atoms with Crippen LogP contribution in [0, 0.1) is 5.41 Å². The molecular formula is C11H7IN2S. The predicted molar refractivity (Wildman–Crippen MR) is 76.2 cm³/mol. The number of rotatable bonds is 2. The van der Waals surface area contributed by atoms with Gasteiger partial charge in [-0.1, -0.05) is 22.6 Å². The van der Waals surface area contributed by atoms with Gasteiger partial charge in [-0.25, -0.2) is 4.99 Å². The molecule has 4 heteroatoms. The highest BCUT2D eigenvalue weighted by atomic mass is 127. The molecule has 0 saturated heterocycles. The van der Waals surface area contributed by atoms with E-state index in [1.54, 1.807) is 17.5 Å². The summed E-state index contributed by atoms with van der Waals surface area (Å²) < 4.78 is 1.95. The molecule has 1 N–H and O–H groups in total. The van der Waals surface area contributed by atoms with Crippen LogP contribution in [0.15, 0.2) is 15.3 Å². The van der Waals surface area contributed by atoms with Gasteiger partial charge >= 0.3 is 0 Å². The van der Waals surface area contributed by atoms with E-state index in [1.165, 1.54) is 6.21 Å². The lowest BCUT2D eigenvalue weighted by Crippen LogP contribution is -1.80. The molecule has 0 saturated carbocycles. The van der Waals surface area contributed by atoms with Crippen molar-refractivity contribution in [2.45, 2.75) is 0 Å². The third-order valence-corrected chi connectivity index (χ3v) is 3.46. The monoisotopic (exact) mass is 326 g/mol. The first-order valence-electron chi connectivity index (χ1n) is 4.26. The van der Waals surface area contributed by atoms with Crippen LogP contribution >= 0.6 is 33.9 Å². The fourth-order valence-electron chi connectivity index (χ4n) is 1.37. The Morgan fingerprint density at radius 3 is 3.13 bits per heavy atom. The minimum absolute atomic E-state index is 0.970. The number of nitrogens with one attached hydrogen (secondary N) is 1. The molecule has 1 aromatic heterocycles. The van der Waals surface area contributed by atoms with Crippen LogP contribution in [0.5, 0.6) is 0 Å². The van der Waals surface area contributed by atoms with Crippen molar-refractivity contribution in [3.8, 4) is 0 Å². The largest absolute Gasteiger partial charge is 0.307 e. The van der Waals surface area contributed by atoms with Crippen LogP contribution in [0.1, 0.15) is 20.9 Å². The van der Waals surface area contributed by atoms with E-state index in [2.05, 4.69) is 33.5 Å². The number of hydrogen-bond acceptors (Lipinski definition) is 3. The average Bonchev–Trinajstić information content (AvgIpc) is 2.45. The summed E-state index contributed by atoms with van der Waals surface area (Å²) in [5, 5.41) is 7.37. The summed E-state index contributed by atoms with van der Waals surface area (Å²) in [6.45, 7) is 0. The molecule has 1 aliphatic rings. The zero-order valence-corrected chi connectivity index (χ0v) is 10.7. The van der Waals surface area contributed by atoms with Crippen LogP contribution < -0.4 is 0 Å². The lowest BCUT2D eigenvalue weighted by Gasteiger charge is -1.93. The van der Waals surface area contributed by atoms with Crippen molar-refractivity contribution in [1.82, 2.24) is 0 Å². The maximum atomic E-state index is 7.37. The molecule has 1 aliphatic heterocycles. The summed E-state index contributed by atoms with van der Waals surface area (Å²) in [5.41, 5.74) is 2.21. The van der Waals surface area contributed by atoms with Gasteiger partial charge in [0.05, 0.1) is 4.88 Å². The van der Waals surface area contributed by atoms with Crippen LogP contribution in [-0.2, 0) is 0 Å². The van der Waals surface area contributed by atoms with Crippen molar-refractivity contribution >= 4 is 64.2 Å². The van der Waals surface area contributed by atoms with Gasteiger partial charge in [0, 0.05) is 34.5 Å². The number of fused-ring (bicyclic) bond motifs is 1. The topological polar surface area (TPSA) is 36.2 Å². The summed E-state index contributed by atoms with van der Waals surface area (Å²) in [6.07, 6.45) is 8.95. The van der Waals surface area contributed by atoms with E-state index in [9.17, 15) is 0 Å². The highest BCUT2D eigenvalue weighted by Gasteiger charge is 2.11. The van der Waals surface area contributed by atoms with Gasteiger partial charge in [-0.15, -0.1) is 11.3 Å². The van der Waals surface area contributed by atoms with Crippen molar-refractivity contribution in [2.75, 3.05) is 0 Å². The molecule has 0 unspecified atom stereocenters. The summed E-state index contributed by atoms with van der Waals surface area (Å²) in [5.74, 6) is 2.83. The van der Waals surface area contributed by atoms with Gasteiger partial charge in [0.15, 0.2) is 0 Å². The normalized spacial score (nSPS) is 13.1. The van der Waals surface area contributed by atoms with Gasteiger partial charge in [0.25, 0.3) is 0 Å². The van der Waals surface area contributed by atoms with Crippen molar-refractivity contribution in [3.63, 3.8) is 0 Å². The molecule has 0 aliphatic carbocycles. The number of halogens is 1. The molecule has 74 valence electrons. The molecule has 15 heavy (non-hydrogen) atoms. The maximum Gasteiger partial charge on any atom is 0.0531 e. The van der Waals surface area contributed by atoms with E-state index in [1.807, 2.05) is 22.3 Å². The van der Waals surface area contributed by atoms with E-state index in [0.29, 0.717) is 0 Å². The lowest BCUT2D eigenvalue weighted by molar-refractivity contribution is 1.56. The Morgan fingerprint density at radius 2 is 2.40 bits per heavy atom. The van der Waals surface area contributed by atoms with Crippen molar-refractivity contribution < 1.29 is 0 Å². The van der Waals surface area contributed by atoms with Crippen LogP contribution in [-0.4, -0.2) is 12.1 Å². The van der Waals surface area contributed by atoms with Crippen molar-refractivity contribution in [3.05, 3.63) is 31.2 Å². The Kier molecular flexibility index (Phi) is 3.30. The minimum atomic E-state index is 0.970. The summed E-state index contributed by atoms with van der Waals surface area (Å²) in [6, 6.07) is 0. The van der Waals surface area contributed by atoms with Gasteiger partial charge < -0.3 is 5.41 Å². The smallest absolute Gasteiger partial charge is 0.0531 e. The SMILES string of the molecule is N=Cc1sc2c(c1/C=C\I)C=CN=C=C2. The molecule has 0 radical (unpaired) electrons. The van der Waals surface area contributed by atoms with E-state index in [0.717, 1.165) is 20.9 Å². The molecule has 0 bridgehead atoms. The van der Waals surface area contributed by atoms with Crippen molar-refractivity contribution in [1.29, 1.82) is 5.41 Å². The molecule has 2 nitrogen and oxygen atoms in total. The average molecular weight is 326 g/mol. The maximum absolute atomic E-state index is 7.37. The highest BCUT2D eigenvalue weighted by Crippen LogP contribution is 2.31. The quantitative estimate of drug-likeness (QED) is 0.634. The van der Waals surface area contributed by atoms with Crippen LogP contribution in [0.3, 0.4) is 0 Å². The van der Waals surface area contributed by atoms with E-state index < -0.39 is 0 Å². The first-order valence-corrected chi connectivity index (χ1v) is 6.32. The van der Waals surface area contributed by atoms with Crippen LogP contribution in [0.2, 0.25) is 0 Å². The second-order valence-electron chi connectivity index (χ2n) is 2.81. The Balaban J connectivity index is 2.69. The fraction of sp³-hybridized carbons (Fsp3) is 0. The van der Waals surface area contributed by atoms with Gasteiger partial charge in [-0.05, 0) is 22.1 Å². The Morgan fingerprint density at radius 1 is 1.53 bits per heavy atom. The second-order valence-corrected chi connectivity index (χ2v) is 4.62. The van der Waals surface area contributed by atoms with E-state index in [-0.39, 0.29) is 0 Å². The molecule has 2 rings (SSSR count). The summed E-state index contributed by atoms with van der Waals surface area (Å²) >= 11 is 3.77. The lowest BCUT2D eigenvalue weighted by atomic mass is 10.1. The standard InChI is InChI=1S/C11H7IN2S/c12-4-1-8-9-2-5-14-6-3-10(9)15-11(8)7-13/h1-5,7,13H/b4-1-,13-7?. The Labute approximate surface area is 105 Å². The molecule has 0 spiro atoms. The molecule has 0 atom stereocenters. The third kappa shape index (κ3) is 2.02. The molecule has 1 aromatic rings. The fourth-order valence-corrected chi connectivity index (χ4v) is 2.71. The molecular weight excluding hydrogens is 319 g/mol. The number of nitrogens with zero attached hydrogens (tertiary/aromatic N) is 1. The van der Waals surface area contributed by atoms with Gasteiger partial charge in [0.2, 0.25) is 0 Å². The van der Waals surface area contributed by atoms with Crippen molar-refractivity contribution in [2.24, 2.45) is 4.99 Å². The number of aliphatic imine (C=N–C) groups is 1. The third-order valence-electron chi connectivity index (χ3n) is 1.99. The molecule has 2 heterocycles. The summed E-state index contributed by atoms with van der Waals surface area (Å²) in [7, 11) is 0. The van der Waals surface area contributed by atoms with Gasteiger partial charge in [0.1, 0.15) is 0 Å². The van der Waals surface area contributed by atoms with Gasteiger partial charge in [-0.2, -0.15) is 0 Å². The summed E-state index contributed by atoms with van der Waals surface area (Å²) in [4.78, 5) is 6.03. The van der Waals surface area contributed by atoms with Gasteiger partial charge in [-0.3, -0.25) is 0 Å². The second kappa shape index (κ2) is 4.70. The first-order chi connectivity index (χ1) is 7.36. The van der Waals surface area contributed by atoms with E-state index >= 15 is 0 Å². The first kappa shape index (κ1) is 10.5. The zero-order valence-electron chi connectivity index (χ0n) is 7.70. The molecule has 0 aromatic carbocycles. The van der Waals surface area contributed by atoms with Crippen LogP contribution in [0.4, 0.5) is 0 Å². The molecule has 0 amide bonds. The number of hydrogen-bond donors (Lipinski definition) is 1. The number of thiophene rings is 1. The zero-order chi connectivity index (χ0) is 10.7. The Bertz CT molecular complexity index is 517. The van der Waals surface area contributed by atoms with Crippen LogP contribution in [0.25, 0.3) is 18.2 Å². The molecule has 0 fully saturated rings. The predicted octanol–water partition coefficient (Wildman–Crippen LogP) is 3.82. The highest BCUT2D eigenvalue weighted by molar-refractivity contribution is 14.1.